The first-order chi connectivity index (χ1) is 8.50. The highest BCUT2D eigenvalue weighted by atomic mass is 16.6. The number of carbonyl (C=O) groups excluding carboxylic acids is 2. The topological polar surface area (TPSA) is 110 Å². The largest absolute Gasteiger partial charge is 0.550 e. The van der Waals surface area contributed by atoms with Crippen LogP contribution in [-0.2, 0) is 9.53 Å². The molecule has 0 amide bonds. The summed E-state index contributed by atoms with van der Waals surface area (Å²) in [5.74, 6) is -1.95. The van der Waals surface area contributed by atoms with Gasteiger partial charge in [-0.25, -0.2) is 4.79 Å². The van der Waals surface area contributed by atoms with Crippen molar-refractivity contribution < 1.29 is 24.4 Å². The zero-order valence-electron chi connectivity index (χ0n) is 9.33. The Labute approximate surface area is 102 Å². The van der Waals surface area contributed by atoms with Crippen LogP contribution in [0.3, 0.4) is 0 Å². The van der Waals surface area contributed by atoms with Gasteiger partial charge in [0.25, 0.3) is 5.69 Å². The molecule has 0 spiro atoms. The zero-order chi connectivity index (χ0) is 13.5. The molecule has 0 aromatic heterocycles. The lowest BCUT2D eigenvalue weighted by molar-refractivity contribution is -0.384. The number of carboxylic acid groups (broad SMARTS) is 1. The Bertz CT molecular complexity index is 470. The van der Waals surface area contributed by atoms with Crippen LogP contribution < -0.4 is 5.11 Å². The highest BCUT2D eigenvalue weighted by Gasteiger charge is 2.12. The molecule has 1 aromatic rings. The summed E-state index contributed by atoms with van der Waals surface area (Å²) in [6.45, 7) is -0.0739. The molecule has 0 bridgehead atoms. The Balaban J connectivity index is 2.53. The fourth-order valence-electron chi connectivity index (χ4n) is 1.21. The van der Waals surface area contributed by atoms with Gasteiger partial charge in [0.1, 0.15) is 0 Å². The first-order valence-corrected chi connectivity index (χ1v) is 5.12. The third-order valence-electron chi connectivity index (χ3n) is 2.05. The van der Waals surface area contributed by atoms with Crippen molar-refractivity contribution in [2.24, 2.45) is 0 Å². The van der Waals surface area contributed by atoms with Gasteiger partial charge in [-0.3, -0.25) is 10.1 Å². The third kappa shape index (κ3) is 4.20. The van der Waals surface area contributed by atoms with Crippen LogP contribution in [0.5, 0.6) is 0 Å². The van der Waals surface area contributed by atoms with E-state index in [1.807, 2.05) is 0 Å². The van der Waals surface area contributed by atoms with Gasteiger partial charge in [-0.15, -0.1) is 0 Å². The molecule has 7 heteroatoms. The van der Waals surface area contributed by atoms with Crippen LogP contribution in [0.15, 0.2) is 24.3 Å². The summed E-state index contributed by atoms with van der Waals surface area (Å²) in [6, 6.07) is 5.11. The second-order valence-corrected chi connectivity index (χ2v) is 3.42. The summed E-state index contributed by atoms with van der Waals surface area (Å²) >= 11 is 0. The lowest BCUT2D eigenvalue weighted by atomic mass is 10.2. The monoisotopic (exact) mass is 252 g/mol. The normalized spacial score (nSPS) is 9.78. The minimum Gasteiger partial charge on any atom is -0.550 e. The van der Waals surface area contributed by atoms with Crippen molar-refractivity contribution >= 4 is 17.6 Å². The van der Waals surface area contributed by atoms with Crippen molar-refractivity contribution in [3.8, 4) is 0 Å². The van der Waals surface area contributed by atoms with E-state index in [0.717, 1.165) is 6.07 Å². The number of nitro benzene ring substituents is 1. The van der Waals surface area contributed by atoms with E-state index in [1.165, 1.54) is 18.2 Å². The van der Waals surface area contributed by atoms with Gasteiger partial charge < -0.3 is 14.6 Å². The van der Waals surface area contributed by atoms with Crippen molar-refractivity contribution in [3.05, 3.63) is 39.9 Å². The standard InChI is InChI=1S/C11H11NO6/c13-10(14)5-2-6-18-11(15)8-3-1-4-9(7-8)12(16)17/h1,3-4,7H,2,5-6H2,(H,13,14)/p-1. The predicted octanol–water partition coefficient (Wildman–Crippen LogP) is 0.282. The van der Waals surface area contributed by atoms with Crippen LogP contribution in [-0.4, -0.2) is 23.5 Å². The number of aliphatic carboxylic acids is 1. The molecule has 0 saturated carbocycles. The number of carbonyl (C=O) groups is 2. The van der Waals surface area contributed by atoms with Crippen LogP contribution in [0.2, 0.25) is 0 Å². The van der Waals surface area contributed by atoms with Gasteiger partial charge in [-0.2, -0.15) is 0 Å². The number of rotatable bonds is 6. The Hall–Kier alpha value is -2.44. The van der Waals surface area contributed by atoms with Gasteiger partial charge in [-0.1, -0.05) is 6.07 Å². The number of esters is 1. The highest BCUT2D eigenvalue weighted by Crippen LogP contribution is 2.13. The maximum absolute atomic E-state index is 11.5. The van der Waals surface area contributed by atoms with E-state index in [0.29, 0.717) is 0 Å². The summed E-state index contributed by atoms with van der Waals surface area (Å²) in [5.41, 5.74) is -0.156. The van der Waals surface area contributed by atoms with Crippen LogP contribution in [0.1, 0.15) is 23.2 Å². The van der Waals surface area contributed by atoms with Gasteiger partial charge in [0.2, 0.25) is 0 Å². The Kier molecular flexibility index (Phi) is 4.79. The lowest BCUT2D eigenvalue weighted by Crippen LogP contribution is -2.22. The van der Waals surface area contributed by atoms with Crippen LogP contribution in [0.25, 0.3) is 0 Å². The molecule has 0 N–H and O–H groups in total. The second-order valence-electron chi connectivity index (χ2n) is 3.42. The van der Waals surface area contributed by atoms with Gasteiger partial charge in [0.15, 0.2) is 0 Å². The Morgan fingerprint density at radius 2 is 2.06 bits per heavy atom. The number of nitro groups is 1. The number of non-ortho nitro benzene ring substituents is 1. The second kappa shape index (κ2) is 6.33. The smallest absolute Gasteiger partial charge is 0.338 e. The van der Waals surface area contributed by atoms with Gasteiger partial charge in [0.05, 0.1) is 17.1 Å². The van der Waals surface area contributed by atoms with Crippen molar-refractivity contribution in [2.75, 3.05) is 6.61 Å². The fourth-order valence-corrected chi connectivity index (χ4v) is 1.21. The van der Waals surface area contributed by atoms with Gasteiger partial charge >= 0.3 is 5.97 Å². The van der Waals surface area contributed by atoms with E-state index in [-0.39, 0.29) is 30.7 Å². The molecule has 1 rings (SSSR count). The van der Waals surface area contributed by atoms with Crippen molar-refractivity contribution in [1.82, 2.24) is 0 Å². The molecular formula is C11H10NO6-. The summed E-state index contributed by atoms with van der Waals surface area (Å²) in [5, 5.41) is 20.6. The van der Waals surface area contributed by atoms with Crippen molar-refractivity contribution in [2.45, 2.75) is 12.8 Å². The summed E-state index contributed by atoms with van der Waals surface area (Å²) in [6.07, 6.45) is -0.0643. The fraction of sp³-hybridized carbons (Fsp3) is 0.273. The maximum atomic E-state index is 11.5. The Morgan fingerprint density at radius 3 is 2.67 bits per heavy atom. The molecule has 0 radical (unpaired) electrons. The quantitative estimate of drug-likeness (QED) is 0.311. The number of hydrogen-bond donors (Lipinski definition) is 0. The first kappa shape index (κ1) is 13.6. The summed E-state index contributed by atoms with van der Waals surface area (Å²) in [7, 11) is 0. The number of ether oxygens (including phenoxy) is 1. The third-order valence-corrected chi connectivity index (χ3v) is 2.05. The van der Waals surface area contributed by atoms with E-state index < -0.39 is 16.9 Å². The zero-order valence-corrected chi connectivity index (χ0v) is 9.33. The average molecular weight is 252 g/mol. The van der Waals surface area contributed by atoms with Crippen LogP contribution in [0, 0.1) is 10.1 Å². The molecule has 0 aliphatic carbocycles. The molecule has 7 nitrogen and oxygen atoms in total. The molecule has 1 aromatic carbocycles. The molecule has 0 aliphatic rings. The van der Waals surface area contributed by atoms with E-state index in [4.69, 9.17) is 4.74 Å². The summed E-state index contributed by atoms with van der Waals surface area (Å²) < 4.78 is 4.76. The maximum Gasteiger partial charge on any atom is 0.338 e. The van der Waals surface area contributed by atoms with E-state index in [2.05, 4.69) is 0 Å². The van der Waals surface area contributed by atoms with Crippen LogP contribution >= 0.6 is 0 Å². The Morgan fingerprint density at radius 1 is 1.33 bits per heavy atom. The van der Waals surface area contributed by atoms with Crippen molar-refractivity contribution in [3.63, 3.8) is 0 Å². The van der Waals surface area contributed by atoms with Gasteiger partial charge in [0, 0.05) is 18.1 Å². The predicted molar refractivity (Wildman–Crippen MR) is 57.6 cm³/mol. The minimum absolute atomic E-state index is 0.0534. The molecule has 0 saturated heterocycles. The number of nitrogens with zero attached hydrogens (tertiary/aromatic N) is 1. The summed E-state index contributed by atoms with van der Waals surface area (Å²) in [4.78, 5) is 31.4. The van der Waals surface area contributed by atoms with E-state index >= 15 is 0 Å². The molecule has 18 heavy (non-hydrogen) atoms. The van der Waals surface area contributed by atoms with E-state index in [9.17, 15) is 24.8 Å². The van der Waals surface area contributed by atoms with Crippen molar-refractivity contribution in [1.29, 1.82) is 0 Å². The SMILES string of the molecule is O=C([O-])CCCOC(=O)c1cccc([N+](=O)[O-])c1. The average Bonchev–Trinajstić information content (AvgIpc) is 2.34. The minimum atomic E-state index is -1.22. The lowest BCUT2D eigenvalue weighted by Gasteiger charge is -2.05. The number of hydrogen-bond acceptors (Lipinski definition) is 6. The molecule has 0 fully saturated rings. The number of benzene rings is 1. The molecule has 0 heterocycles. The number of carboxylic acids is 1. The molecule has 96 valence electrons. The van der Waals surface area contributed by atoms with E-state index in [1.54, 1.807) is 0 Å². The molecule has 0 atom stereocenters. The van der Waals surface area contributed by atoms with Crippen LogP contribution in [0.4, 0.5) is 5.69 Å². The highest BCUT2D eigenvalue weighted by molar-refractivity contribution is 5.90. The molecule has 0 unspecified atom stereocenters. The van der Waals surface area contributed by atoms with Gasteiger partial charge in [-0.05, 0) is 18.9 Å². The molecular weight excluding hydrogens is 242 g/mol. The molecule has 0 aliphatic heterocycles. The first-order valence-electron chi connectivity index (χ1n) is 5.12.